The van der Waals surface area contributed by atoms with E-state index in [0.717, 1.165) is 12.3 Å². The Balaban J connectivity index is 2.21. The lowest BCUT2D eigenvalue weighted by molar-refractivity contribution is 0.278. The van der Waals surface area contributed by atoms with E-state index in [1.54, 1.807) is 0 Å². The van der Waals surface area contributed by atoms with Crippen molar-refractivity contribution in [1.29, 1.82) is 0 Å². The van der Waals surface area contributed by atoms with Crippen LogP contribution in [0.1, 0.15) is 39.0 Å². The molecule has 1 saturated carbocycles. The molecule has 0 amide bonds. The van der Waals surface area contributed by atoms with Gasteiger partial charge in [-0.3, -0.25) is 0 Å². The molecule has 17 heavy (non-hydrogen) atoms. The first-order chi connectivity index (χ1) is 7.89. The van der Waals surface area contributed by atoms with Crippen molar-refractivity contribution < 1.29 is 8.42 Å². The number of thiocarbonyl (C=S) groups is 1. The van der Waals surface area contributed by atoms with Crippen molar-refractivity contribution in [3.63, 3.8) is 0 Å². The van der Waals surface area contributed by atoms with E-state index in [2.05, 4.69) is 23.9 Å². The van der Waals surface area contributed by atoms with Gasteiger partial charge in [0, 0.05) is 6.54 Å². The molecule has 0 heterocycles. The molecule has 0 radical (unpaired) electrons. The van der Waals surface area contributed by atoms with Crippen molar-refractivity contribution in [3.8, 4) is 0 Å². The first-order valence-corrected chi connectivity index (χ1v) is 8.21. The van der Waals surface area contributed by atoms with Crippen LogP contribution in [0.25, 0.3) is 0 Å². The molecule has 0 unspecified atom stereocenters. The summed E-state index contributed by atoms with van der Waals surface area (Å²) < 4.78 is 25.5. The van der Waals surface area contributed by atoms with Crippen LogP contribution >= 0.6 is 12.2 Å². The van der Waals surface area contributed by atoms with E-state index in [1.165, 1.54) is 25.7 Å². The zero-order valence-corrected chi connectivity index (χ0v) is 11.9. The molecule has 1 aliphatic carbocycles. The molecular weight excluding hydrogens is 256 g/mol. The molecule has 0 spiro atoms. The lowest BCUT2D eigenvalue weighted by atomic mass is 9.81. The van der Waals surface area contributed by atoms with Gasteiger partial charge in [-0.2, -0.15) is 0 Å². The maximum absolute atomic E-state index is 11.5. The number of sulfonamides is 1. The fourth-order valence-electron chi connectivity index (χ4n) is 2.27. The molecule has 0 bridgehead atoms. The van der Waals surface area contributed by atoms with Gasteiger partial charge < -0.3 is 5.73 Å². The first kappa shape index (κ1) is 14.9. The molecule has 0 saturated heterocycles. The van der Waals surface area contributed by atoms with Crippen LogP contribution in [0.3, 0.4) is 0 Å². The number of nitrogens with one attached hydrogen (secondary N) is 1. The Morgan fingerprint density at radius 3 is 2.47 bits per heavy atom. The van der Waals surface area contributed by atoms with Gasteiger partial charge in [-0.05, 0) is 18.3 Å². The average Bonchev–Trinajstić information content (AvgIpc) is 2.18. The minimum atomic E-state index is -3.31. The fourth-order valence-corrected chi connectivity index (χ4v) is 3.65. The number of nitrogens with two attached hydrogens (primary N) is 1. The predicted octanol–water partition coefficient (Wildman–Crippen LogP) is 1.41. The largest absolute Gasteiger partial charge is 0.392 e. The van der Waals surface area contributed by atoms with Crippen molar-refractivity contribution in [3.05, 3.63) is 0 Å². The zero-order chi connectivity index (χ0) is 12.9. The zero-order valence-electron chi connectivity index (χ0n) is 10.3. The molecule has 0 aromatic carbocycles. The molecule has 1 aliphatic rings. The average molecular weight is 278 g/mol. The van der Waals surface area contributed by atoms with Gasteiger partial charge in [0.2, 0.25) is 10.0 Å². The van der Waals surface area contributed by atoms with Crippen molar-refractivity contribution in [1.82, 2.24) is 4.72 Å². The molecule has 0 aromatic heterocycles. The third-order valence-corrected chi connectivity index (χ3v) is 5.00. The van der Waals surface area contributed by atoms with Crippen LogP contribution in [0.5, 0.6) is 0 Å². The summed E-state index contributed by atoms with van der Waals surface area (Å²) in [5.74, 6) is 1.25. The number of hydrogen-bond donors (Lipinski definition) is 2. The highest BCUT2D eigenvalue weighted by atomic mass is 32.2. The van der Waals surface area contributed by atoms with E-state index in [0.29, 0.717) is 12.5 Å². The Labute approximate surface area is 109 Å². The second-order valence-corrected chi connectivity index (χ2v) is 7.37. The Morgan fingerprint density at radius 1 is 1.35 bits per heavy atom. The highest BCUT2D eigenvalue weighted by molar-refractivity contribution is 7.92. The summed E-state index contributed by atoms with van der Waals surface area (Å²) >= 11 is 4.59. The molecule has 0 aromatic rings. The molecule has 100 valence electrons. The van der Waals surface area contributed by atoms with Gasteiger partial charge in [0.25, 0.3) is 0 Å². The minimum Gasteiger partial charge on any atom is -0.392 e. The smallest absolute Gasteiger partial charge is 0.218 e. The highest BCUT2D eigenvalue weighted by Crippen LogP contribution is 2.29. The molecular formula is C11H22N2O2S2. The standard InChI is InChI=1S/C11H22N2O2S2/c1-9-2-4-10(5-3-9)6-7-13-17(14,15)8-11(12)16/h9-10,13H,2-8H2,1H3,(H2,12,16). The summed E-state index contributed by atoms with van der Waals surface area (Å²) in [7, 11) is -3.31. The summed E-state index contributed by atoms with van der Waals surface area (Å²) in [6.45, 7) is 2.78. The topological polar surface area (TPSA) is 72.2 Å². The van der Waals surface area contributed by atoms with Crippen molar-refractivity contribution in [2.75, 3.05) is 12.3 Å². The summed E-state index contributed by atoms with van der Waals surface area (Å²) in [6, 6.07) is 0. The van der Waals surface area contributed by atoms with E-state index in [4.69, 9.17) is 5.73 Å². The molecule has 1 fully saturated rings. The Bertz CT molecular complexity index is 346. The minimum absolute atomic E-state index is 0.0176. The highest BCUT2D eigenvalue weighted by Gasteiger charge is 2.19. The fraction of sp³-hybridized carbons (Fsp3) is 0.909. The molecule has 6 heteroatoms. The molecule has 0 aliphatic heterocycles. The normalized spacial score (nSPS) is 25.7. The summed E-state index contributed by atoms with van der Waals surface area (Å²) in [5.41, 5.74) is 5.22. The molecule has 4 nitrogen and oxygen atoms in total. The lowest BCUT2D eigenvalue weighted by Crippen LogP contribution is -2.33. The monoisotopic (exact) mass is 278 g/mol. The SMILES string of the molecule is CC1CCC(CCNS(=O)(=O)CC(N)=S)CC1. The van der Waals surface area contributed by atoms with E-state index in [1.807, 2.05) is 0 Å². The van der Waals surface area contributed by atoms with Crippen LogP contribution in [0.15, 0.2) is 0 Å². The van der Waals surface area contributed by atoms with Crippen LogP contribution < -0.4 is 10.5 Å². The third kappa shape index (κ3) is 6.33. The van der Waals surface area contributed by atoms with Gasteiger partial charge in [-0.15, -0.1) is 0 Å². The van der Waals surface area contributed by atoms with Gasteiger partial charge in [-0.25, -0.2) is 13.1 Å². The number of hydrogen-bond acceptors (Lipinski definition) is 3. The summed E-state index contributed by atoms with van der Waals surface area (Å²) in [5, 5.41) is 0. The predicted molar refractivity (Wildman–Crippen MR) is 74.3 cm³/mol. The number of rotatable bonds is 6. The van der Waals surface area contributed by atoms with Crippen LogP contribution in [-0.2, 0) is 10.0 Å². The summed E-state index contributed by atoms with van der Waals surface area (Å²) in [4.78, 5) is 0.0176. The second kappa shape index (κ2) is 6.66. The lowest BCUT2D eigenvalue weighted by Gasteiger charge is -2.26. The van der Waals surface area contributed by atoms with Gasteiger partial charge in [0.1, 0.15) is 5.75 Å². The van der Waals surface area contributed by atoms with Crippen molar-refractivity contribution in [2.45, 2.75) is 39.0 Å². The molecule has 1 rings (SSSR count). The van der Waals surface area contributed by atoms with Crippen molar-refractivity contribution >= 4 is 27.2 Å². The molecule has 3 N–H and O–H groups in total. The Morgan fingerprint density at radius 2 is 1.94 bits per heavy atom. The van der Waals surface area contributed by atoms with Crippen LogP contribution in [0.4, 0.5) is 0 Å². The quantitative estimate of drug-likeness (QED) is 0.721. The Hall–Kier alpha value is -0.200. The third-order valence-electron chi connectivity index (χ3n) is 3.34. The van der Waals surface area contributed by atoms with Gasteiger partial charge >= 0.3 is 0 Å². The molecule has 0 atom stereocenters. The van der Waals surface area contributed by atoms with Gasteiger partial charge in [-0.1, -0.05) is 44.8 Å². The van der Waals surface area contributed by atoms with Crippen LogP contribution in [0.2, 0.25) is 0 Å². The van der Waals surface area contributed by atoms with Gasteiger partial charge in [0.05, 0.1) is 4.99 Å². The van der Waals surface area contributed by atoms with Crippen molar-refractivity contribution in [2.24, 2.45) is 17.6 Å². The van der Waals surface area contributed by atoms with Gasteiger partial charge in [0.15, 0.2) is 0 Å². The summed E-state index contributed by atoms with van der Waals surface area (Å²) in [6.07, 6.45) is 5.90. The van der Waals surface area contributed by atoms with Crippen LogP contribution in [-0.4, -0.2) is 25.7 Å². The van der Waals surface area contributed by atoms with E-state index < -0.39 is 10.0 Å². The van der Waals surface area contributed by atoms with E-state index >= 15 is 0 Å². The maximum Gasteiger partial charge on any atom is 0.218 e. The Kier molecular flexibility index (Phi) is 5.82. The van der Waals surface area contributed by atoms with E-state index in [9.17, 15) is 8.42 Å². The first-order valence-electron chi connectivity index (χ1n) is 6.14. The maximum atomic E-state index is 11.5. The second-order valence-electron chi connectivity index (χ2n) is 5.03. The van der Waals surface area contributed by atoms with Crippen LogP contribution in [0, 0.1) is 11.8 Å². The van der Waals surface area contributed by atoms with E-state index in [-0.39, 0.29) is 10.7 Å².